The molecule has 2 saturated heterocycles. The number of benzene rings is 2. The minimum Gasteiger partial charge on any atom is -0.492 e. The maximum Gasteiger partial charge on any atom is 0.410 e. The van der Waals surface area contributed by atoms with E-state index in [1.54, 1.807) is 11.0 Å². The Kier molecular flexibility index (Phi) is 10.2. The standard InChI is InChI=1S/C36H50N6O7S/c1-35(2,3)26-18-27(31(48-8)28(19-26)38-50(9,46)47)37-32(43)29-17-23-11-10-12-24(30(23)39(29)7)20-40-13-15-41(16-14-40)33(44)25-21-42(22-25)34(45)49-36(4,5)6/h10-12,17-19,25,38H,13-16,20-22H2,1-9H3,(H,37,43). The number of hydrogen-bond donors (Lipinski definition) is 2. The molecule has 272 valence electrons. The third kappa shape index (κ3) is 8.35. The lowest BCUT2D eigenvalue weighted by molar-refractivity contribution is -0.142. The fraction of sp³-hybridized carbons (Fsp3) is 0.528. The number of ether oxygens (including phenoxy) is 2. The number of piperazine rings is 1. The minimum absolute atomic E-state index is 0.0773. The molecule has 0 aliphatic carbocycles. The monoisotopic (exact) mass is 710 g/mol. The Morgan fingerprint density at radius 2 is 1.56 bits per heavy atom. The first-order valence-electron chi connectivity index (χ1n) is 16.8. The van der Waals surface area contributed by atoms with Crippen molar-refractivity contribution in [3.8, 4) is 5.75 Å². The molecule has 3 amide bonds. The average molecular weight is 711 g/mol. The van der Waals surface area contributed by atoms with Crippen LogP contribution in [0.5, 0.6) is 5.75 Å². The van der Waals surface area contributed by atoms with Gasteiger partial charge in [-0.25, -0.2) is 13.2 Å². The van der Waals surface area contributed by atoms with Crippen LogP contribution >= 0.6 is 0 Å². The zero-order valence-corrected chi connectivity index (χ0v) is 31.4. The Hall–Kier alpha value is -4.30. The van der Waals surface area contributed by atoms with Gasteiger partial charge in [0.1, 0.15) is 11.3 Å². The molecule has 0 unspecified atom stereocenters. The molecule has 2 fully saturated rings. The number of sulfonamides is 1. The molecule has 14 heteroatoms. The SMILES string of the molecule is COc1c(NC(=O)c2cc3cccc(CN4CCN(C(=O)C5CN(C(=O)OC(C)(C)C)C5)CC4)c3n2C)cc(C(C)(C)C)cc1NS(C)(=O)=O. The van der Waals surface area contributed by atoms with Gasteiger partial charge in [0, 0.05) is 58.2 Å². The molecule has 0 spiro atoms. The van der Waals surface area contributed by atoms with E-state index in [0.29, 0.717) is 57.2 Å². The van der Waals surface area contributed by atoms with Crippen LogP contribution in [-0.2, 0) is 38.6 Å². The average Bonchev–Trinajstić information content (AvgIpc) is 3.31. The van der Waals surface area contributed by atoms with Gasteiger partial charge in [0.05, 0.1) is 36.2 Å². The summed E-state index contributed by atoms with van der Waals surface area (Å²) >= 11 is 0. The number of rotatable bonds is 8. The molecule has 2 aromatic carbocycles. The molecule has 1 aromatic heterocycles. The summed E-state index contributed by atoms with van der Waals surface area (Å²) in [5.74, 6) is -0.271. The van der Waals surface area contributed by atoms with Gasteiger partial charge in [0.25, 0.3) is 5.91 Å². The number of fused-ring (bicyclic) bond motifs is 1. The van der Waals surface area contributed by atoms with Gasteiger partial charge in [-0.2, -0.15) is 0 Å². The van der Waals surface area contributed by atoms with Crippen LogP contribution in [0.4, 0.5) is 16.2 Å². The largest absolute Gasteiger partial charge is 0.492 e. The number of para-hydroxylation sites is 1. The fourth-order valence-electron chi connectivity index (χ4n) is 6.42. The lowest BCUT2D eigenvalue weighted by atomic mass is 9.86. The third-order valence-corrected chi connectivity index (χ3v) is 9.63. The summed E-state index contributed by atoms with van der Waals surface area (Å²) in [6.07, 6.45) is 0.686. The highest BCUT2D eigenvalue weighted by Crippen LogP contribution is 2.39. The zero-order chi connectivity index (χ0) is 36.8. The molecule has 50 heavy (non-hydrogen) atoms. The smallest absolute Gasteiger partial charge is 0.410 e. The molecule has 2 aliphatic heterocycles. The molecule has 3 heterocycles. The van der Waals surface area contributed by atoms with Gasteiger partial charge >= 0.3 is 6.09 Å². The van der Waals surface area contributed by atoms with Crippen LogP contribution in [0.15, 0.2) is 36.4 Å². The minimum atomic E-state index is -3.62. The molecule has 13 nitrogen and oxygen atoms in total. The highest BCUT2D eigenvalue weighted by molar-refractivity contribution is 7.92. The van der Waals surface area contributed by atoms with Crippen LogP contribution in [0.3, 0.4) is 0 Å². The van der Waals surface area contributed by atoms with Crippen molar-refractivity contribution in [2.24, 2.45) is 13.0 Å². The summed E-state index contributed by atoms with van der Waals surface area (Å²) in [5, 5.41) is 3.89. The number of carbonyl (C=O) groups excluding carboxylic acids is 3. The summed E-state index contributed by atoms with van der Waals surface area (Å²) in [4.78, 5) is 45.0. The molecular weight excluding hydrogens is 660 g/mol. The van der Waals surface area contributed by atoms with E-state index in [1.165, 1.54) is 7.11 Å². The highest BCUT2D eigenvalue weighted by Gasteiger charge is 2.40. The number of carbonyl (C=O) groups is 3. The van der Waals surface area contributed by atoms with E-state index in [9.17, 15) is 22.8 Å². The van der Waals surface area contributed by atoms with Gasteiger partial charge < -0.3 is 29.2 Å². The van der Waals surface area contributed by atoms with Crippen molar-refractivity contribution in [2.75, 3.05) is 62.7 Å². The lowest BCUT2D eigenvalue weighted by Crippen LogP contribution is -2.59. The second kappa shape index (κ2) is 13.8. The van der Waals surface area contributed by atoms with Crippen molar-refractivity contribution in [2.45, 2.75) is 59.1 Å². The van der Waals surface area contributed by atoms with Crippen molar-refractivity contribution in [3.05, 3.63) is 53.2 Å². The Bertz CT molecular complexity index is 1890. The van der Waals surface area contributed by atoms with E-state index in [0.717, 1.165) is 28.3 Å². The number of likely N-dealkylation sites (tertiary alicyclic amines) is 1. The van der Waals surface area contributed by atoms with E-state index in [4.69, 9.17) is 9.47 Å². The molecular formula is C36H50N6O7S. The molecule has 3 aromatic rings. The first kappa shape index (κ1) is 37.0. The summed E-state index contributed by atoms with van der Waals surface area (Å²) < 4.78 is 39.7. The van der Waals surface area contributed by atoms with Crippen LogP contribution < -0.4 is 14.8 Å². The summed E-state index contributed by atoms with van der Waals surface area (Å²) in [6.45, 7) is 15.5. The van der Waals surface area contributed by atoms with E-state index >= 15 is 0 Å². The van der Waals surface area contributed by atoms with E-state index in [1.807, 2.05) is 82.3 Å². The Morgan fingerprint density at radius 1 is 0.920 bits per heavy atom. The van der Waals surface area contributed by atoms with Crippen LogP contribution in [0.25, 0.3) is 10.9 Å². The Balaban J connectivity index is 1.27. The molecule has 0 saturated carbocycles. The van der Waals surface area contributed by atoms with Crippen molar-refractivity contribution in [3.63, 3.8) is 0 Å². The maximum atomic E-state index is 13.8. The lowest BCUT2D eigenvalue weighted by Gasteiger charge is -2.42. The molecule has 2 aliphatic rings. The normalized spacial score (nSPS) is 16.3. The van der Waals surface area contributed by atoms with Gasteiger partial charge in [-0.3, -0.25) is 19.2 Å². The van der Waals surface area contributed by atoms with Gasteiger partial charge in [-0.15, -0.1) is 0 Å². The predicted molar refractivity (Wildman–Crippen MR) is 194 cm³/mol. The van der Waals surface area contributed by atoms with E-state index in [-0.39, 0.29) is 40.7 Å². The van der Waals surface area contributed by atoms with Crippen LogP contribution in [0.1, 0.15) is 63.2 Å². The van der Waals surface area contributed by atoms with E-state index < -0.39 is 15.6 Å². The summed E-state index contributed by atoms with van der Waals surface area (Å²) in [6, 6.07) is 11.4. The molecule has 0 radical (unpaired) electrons. The second-order valence-electron chi connectivity index (χ2n) is 15.3. The molecule has 0 atom stereocenters. The van der Waals surface area contributed by atoms with Gasteiger partial charge in [-0.1, -0.05) is 39.0 Å². The van der Waals surface area contributed by atoms with Crippen molar-refractivity contribution in [1.82, 2.24) is 19.3 Å². The van der Waals surface area contributed by atoms with Gasteiger partial charge in [0.15, 0.2) is 5.75 Å². The number of aryl methyl sites for hydroxylation is 1. The number of methoxy groups -OCH3 is 1. The van der Waals surface area contributed by atoms with Gasteiger partial charge in [-0.05, 0) is 55.5 Å². The Labute approximate surface area is 294 Å². The highest BCUT2D eigenvalue weighted by atomic mass is 32.2. The van der Waals surface area contributed by atoms with Crippen molar-refractivity contribution < 1.29 is 32.3 Å². The first-order valence-corrected chi connectivity index (χ1v) is 18.7. The number of nitrogens with zero attached hydrogens (tertiary/aromatic N) is 4. The molecule has 0 bridgehead atoms. The topological polar surface area (TPSA) is 143 Å². The van der Waals surface area contributed by atoms with Crippen LogP contribution in [0, 0.1) is 5.92 Å². The number of anilines is 2. The maximum absolute atomic E-state index is 13.8. The number of aromatic nitrogens is 1. The molecule has 5 rings (SSSR count). The summed E-state index contributed by atoms with van der Waals surface area (Å²) in [5.41, 5.74) is 2.93. The number of amides is 3. The fourth-order valence-corrected chi connectivity index (χ4v) is 6.97. The van der Waals surface area contributed by atoms with Crippen LogP contribution in [0.2, 0.25) is 0 Å². The second-order valence-corrected chi connectivity index (χ2v) is 17.1. The Morgan fingerprint density at radius 3 is 2.14 bits per heavy atom. The zero-order valence-electron chi connectivity index (χ0n) is 30.5. The van der Waals surface area contributed by atoms with E-state index in [2.05, 4.69) is 21.0 Å². The number of hydrogen-bond acceptors (Lipinski definition) is 8. The third-order valence-electron chi connectivity index (χ3n) is 9.04. The van der Waals surface area contributed by atoms with Crippen molar-refractivity contribution >= 4 is 50.2 Å². The predicted octanol–water partition coefficient (Wildman–Crippen LogP) is 4.62. The van der Waals surface area contributed by atoms with Gasteiger partial charge in [0.2, 0.25) is 15.9 Å². The first-order chi connectivity index (χ1) is 23.2. The van der Waals surface area contributed by atoms with Crippen LogP contribution in [-0.4, -0.2) is 104 Å². The van der Waals surface area contributed by atoms with Crippen molar-refractivity contribution in [1.29, 1.82) is 0 Å². The summed E-state index contributed by atoms with van der Waals surface area (Å²) in [7, 11) is -0.329. The molecule has 2 N–H and O–H groups in total. The number of nitrogens with one attached hydrogen (secondary N) is 2. The quantitative estimate of drug-likeness (QED) is 0.345.